The van der Waals surface area contributed by atoms with Gasteiger partial charge in [-0.05, 0) is 29.6 Å². The summed E-state index contributed by atoms with van der Waals surface area (Å²) in [6.45, 7) is 14.2. The minimum absolute atomic E-state index is 0.0949. The molecule has 0 spiro atoms. The van der Waals surface area contributed by atoms with Crippen molar-refractivity contribution >= 4 is 29.7 Å². The van der Waals surface area contributed by atoms with E-state index in [-0.39, 0.29) is 12.2 Å². The molecule has 8 atom stereocenters. The number of ketones is 1. The van der Waals surface area contributed by atoms with Crippen molar-refractivity contribution in [3.05, 3.63) is 47.6 Å². The minimum Gasteiger partial charge on any atom is -0.469 e. The first kappa shape index (κ1) is 30.4. The molecule has 41 heavy (non-hydrogen) atoms. The maximum Gasteiger partial charge on any atom is 0.333 e. The molecule has 1 heterocycles. The SMILES string of the molecule is C=C1C2=CC[C@@H](C3=CC(=O)O[C@H]3O)[C@]2(C)[C@@H](OC(C)=O)[C@H](OC(C)=O)[C@@H]1[C@@]1(C)C=CC(=O)C(C)(C)[C@@H]1CC(=O)OC. The lowest BCUT2D eigenvalue weighted by atomic mass is 9.47. The molecular weight excluding hydrogens is 532 g/mol. The Hall–Kier alpha value is -3.53. The molecule has 1 saturated carbocycles. The molecule has 1 fully saturated rings. The van der Waals surface area contributed by atoms with Crippen LogP contribution >= 0.6 is 0 Å². The molecule has 0 aromatic heterocycles. The maximum absolute atomic E-state index is 13.1. The topological polar surface area (TPSA) is 142 Å². The Labute approximate surface area is 239 Å². The van der Waals surface area contributed by atoms with E-state index < -0.39 is 76.4 Å². The molecule has 10 nitrogen and oxygen atoms in total. The highest BCUT2D eigenvalue weighted by Gasteiger charge is 2.66. The molecule has 0 amide bonds. The van der Waals surface area contributed by atoms with Crippen molar-refractivity contribution < 1.29 is 48.0 Å². The van der Waals surface area contributed by atoms with Crippen molar-refractivity contribution in [3.63, 3.8) is 0 Å². The monoisotopic (exact) mass is 570 g/mol. The Kier molecular flexibility index (Phi) is 7.71. The largest absolute Gasteiger partial charge is 0.469 e. The van der Waals surface area contributed by atoms with E-state index in [0.29, 0.717) is 17.6 Å². The van der Waals surface area contributed by atoms with Gasteiger partial charge in [0.25, 0.3) is 0 Å². The summed E-state index contributed by atoms with van der Waals surface area (Å²) in [5.74, 6) is -4.48. The quantitative estimate of drug-likeness (QED) is 0.374. The number of carbonyl (C=O) groups is 5. The smallest absolute Gasteiger partial charge is 0.333 e. The Morgan fingerprint density at radius 3 is 2.27 bits per heavy atom. The fourth-order valence-corrected chi connectivity index (χ4v) is 7.77. The van der Waals surface area contributed by atoms with Crippen LogP contribution < -0.4 is 0 Å². The van der Waals surface area contributed by atoms with Crippen LogP contribution in [0.3, 0.4) is 0 Å². The normalized spacial score (nSPS) is 37.5. The number of fused-ring (bicyclic) bond motifs is 1. The van der Waals surface area contributed by atoms with E-state index in [1.807, 2.05) is 19.9 Å². The molecule has 0 aromatic carbocycles. The van der Waals surface area contributed by atoms with Gasteiger partial charge in [-0.3, -0.25) is 19.2 Å². The lowest BCUT2D eigenvalue weighted by Crippen LogP contribution is -2.62. The van der Waals surface area contributed by atoms with Crippen molar-refractivity contribution in [2.75, 3.05) is 7.11 Å². The molecule has 0 saturated heterocycles. The summed E-state index contributed by atoms with van der Waals surface area (Å²) in [7, 11) is 1.28. The van der Waals surface area contributed by atoms with Gasteiger partial charge < -0.3 is 24.1 Å². The maximum atomic E-state index is 13.1. The predicted molar refractivity (Wildman–Crippen MR) is 144 cm³/mol. The molecule has 3 aliphatic carbocycles. The summed E-state index contributed by atoms with van der Waals surface area (Å²) in [5.41, 5.74) is -1.44. The zero-order chi connectivity index (χ0) is 30.7. The molecule has 1 N–H and O–H groups in total. The Bertz CT molecular complexity index is 1300. The van der Waals surface area contributed by atoms with Gasteiger partial charge in [-0.1, -0.05) is 46.4 Å². The van der Waals surface area contributed by atoms with Crippen molar-refractivity contribution in [2.45, 2.75) is 72.9 Å². The van der Waals surface area contributed by atoms with Gasteiger partial charge in [-0.2, -0.15) is 0 Å². The van der Waals surface area contributed by atoms with Crippen molar-refractivity contribution in [2.24, 2.45) is 34.0 Å². The van der Waals surface area contributed by atoms with Crippen molar-refractivity contribution in [3.8, 4) is 0 Å². The second-order valence-corrected chi connectivity index (χ2v) is 12.3. The number of aliphatic hydroxyl groups excluding tert-OH is 1. The van der Waals surface area contributed by atoms with Crippen LogP contribution in [0.25, 0.3) is 0 Å². The number of esters is 4. The Morgan fingerprint density at radius 1 is 1.10 bits per heavy atom. The van der Waals surface area contributed by atoms with Crippen molar-refractivity contribution in [1.29, 1.82) is 0 Å². The van der Waals surface area contributed by atoms with Crippen LogP contribution in [0.1, 0.15) is 54.4 Å². The lowest BCUT2D eigenvalue weighted by molar-refractivity contribution is -0.192. The zero-order valence-corrected chi connectivity index (χ0v) is 24.5. The Balaban J connectivity index is 1.94. The number of hydrogen-bond donors (Lipinski definition) is 1. The molecular formula is C31H38O10. The van der Waals surface area contributed by atoms with E-state index >= 15 is 0 Å². The number of hydrogen-bond acceptors (Lipinski definition) is 10. The number of cyclic esters (lactones) is 1. The number of carbonyl (C=O) groups excluding carboxylic acids is 5. The van der Waals surface area contributed by atoms with Gasteiger partial charge in [-0.25, -0.2) is 4.79 Å². The van der Waals surface area contributed by atoms with Crippen LogP contribution in [-0.2, 0) is 42.9 Å². The van der Waals surface area contributed by atoms with Gasteiger partial charge in [0, 0.05) is 53.6 Å². The molecule has 0 aromatic rings. The number of aliphatic hydroxyl groups is 1. The van der Waals surface area contributed by atoms with Crippen LogP contribution in [0.5, 0.6) is 0 Å². The number of methoxy groups -OCH3 is 1. The van der Waals surface area contributed by atoms with E-state index in [4.69, 9.17) is 18.9 Å². The third kappa shape index (κ3) is 4.75. The van der Waals surface area contributed by atoms with Crippen molar-refractivity contribution in [1.82, 2.24) is 0 Å². The second kappa shape index (κ2) is 10.4. The van der Waals surface area contributed by atoms with Crippen LogP contribution in [0, 0.1) is 34.0 Å². The minimum atomic E-state index is -1.47. The molecule has 0 radical (unpaired) electrons. The molecule has 4 aliphatic rings. The van der Waals surface area contributed by atoms with E-state index in [1.165, 1.54) is 33.1 Å². The van der Waals surface area contributed by atoms with Crippen LogP contribution in [0.2, 0.25) is 0 Å². The Morgan fingerprint density at radius 2 is 1.73 bits per heavy atom. The summed E-state index contributed by atoms with van der Waals surface area (Å²) >= 11 is 0. The highest BCUT2D eigenvalue weighted by molar-refractivity contribution is 5.96. The first-order valence-electron chi connectivity index (χ1n) is 13.6. The number of ether oxygens (including phenoxy) is 4. The fourth-order valence-electron chi connectivity index (χ4n) is 7.77. The van der Waals surface area contributed by atoms with E-state index in [0.717, 1.165) is 5.57 Å². The second-order valence-electron chi connectivity index (χ2n) is 12.3. The standard InChI is InChI=1S/C31H38O10/c1-15-19-9-10-20(18-13-24(36)41-28(18)37)31(19,7)27(40-17(3)33)26(39-16(2)32)25(15)30(6)12-11-22(34)29(4,5)21(30)14-23(35)38-8/h9,11-13,20-21,25-28,37H,1,10,14H2,2-8H3/t20-,21-,25+,26+,27-,28+,30-,31+/m0/s1. The highest BCUT2D eigenvalue weighted by Crippen LogP contribution is 2.65. The molecule has 10 heteroatoms. The first-order valence-corrected chi connectivity index (χ1v) is 13.6. The average Bonchev–Trinajstić information content (AvgIpc) is 3.39. The third-order valence-corrected chi connectivity index (χ3v) is 9.72. The number of rotatable bonds is 6. The van der Waals surface area contributed by atoms with Gasteiger partial charge in [0.05, 0.1) is 13.5 Å². The summed E-state index contributed by atoms with van der Waals surface area (Å²) in [6.07, 6.45) is 3.01. The van der Waals surface area contributed by atoms with Gasteiger partial charge in [0.1, 0.15) is 12.2 Å². The van der Waals surface area contributed by atoms with Crippen LogP contribution in [0.15, 0.2) is 47.6 Å². The molecule has 0 bridgehead atoms. The van der Waals surface area contributed by atoms with Gasteiger partial charge in [0.15, 0.2) is 5.78 Å². The summed E-state index contributed by atoms with van der Waals surface area (Å²) in [5, 5.41) is 10.6. The van der Waals surface area contributed by atoms with Crippen LogP contribution in [0.4, 0.5) is 0 Å². The molecule has 0 unspecified atom stereocenters. The predicted octanol–water partition coefficient (Wildman–Crippen LogP) is 3.14. The highest BCUT2D eigenvalue weighted by atomic mass is 16.6. The van der Waals surface area contributed by atoms with E-state index in [9.17, 15) is 29.1 Å². The summed E-state index contributed by atoms with van der Waals surface area (Å²) in [4.78, 5) is 63.0. The first-order chi connectivity index (χ1) is 19.0. The molecule has 1 aliphatic heterocycles. The van der Waals surface area contributed by atoms with Gasteiger partial charge in [-0.15, -0.1) is 0 Å². The van der Waals surface area contributed by atoms with E-state index in [2.05, 4.69) is 6.58 Å². The summed E-state index contributed by atoms with van der Waals surface area (Å²) < 4.78 is 21.9. The number of allylic oxidation sites excluding steroid dienone is 3. The summed E-state index contributed by atoms with van der Waals surface area (Å²) in [6, 6.07) is 0. The van der Waals surface area contributed by atoms with E-state index in [1.54, 1.807) is 19.9 Å². The third-order valence-electron chi connectivity index (χ3n) is 9.72. The molecule has 222 valence electrons. The van der Waals surface area contributed by atoms with Crippen LogP contribution in [-0.4, -0.2) is 60.4 Å². The molecule has 4 rings (SSSR count). The van der Waals surface area contributed by atoms with Gasteiger partial charge >= 0.3 is 23.9 Å². The van der Waals surface area contributed by atoms with Gasteiger partial charge in [0.2, 0.25) is 6.29 Å². The lowest BCUT2D eigenvalue weighted by Gasteiger charge is -2.58. The average molecular weight is 571 g/mol. The zero-order valence-electron chi connectivity index (χ0n) is 24.5. The fraction of sp³-hybridized carbons (Fsp3) is 0.581.